The molecular formula is C18H20FN3O4S2. The fourth-order valence-corrected chi connectivity index (χ4v) is 6.29. The normalized spacial score (nSPS) is 23.8. The molecule has 2 aliphatic rings. The van der Waals surface area contributed by atoms with E-state index in [2.05, 4.69) is 10.0 Å². The predicted octanol–water partition coefficient (Wildman–Crippen LogP) is 2.87. The van der Waals surface area contributed by atoms with Crippen LogP contribution in [0.5, 0.6) is 5.75 Å². The van der Waals surface area contributed by atoms with E-state index in [4.69, 9.17) is 4.74 Å². The smallest absolute Gasteiger partial charge is 0.322 e. The summed E-state index contributed by atoms with van der Waals surface area (Å²) >= 11 is 1.16. The Morgan fingerprint density at radius 2 is 2.14 bits per heavy atom. The number of thiophene rings is 1. The van der Waals surface area contributed by atoms with E-state index in [1.807, 2.05) is 0 Å². The number of hydrogen-bond donors (Lipinski definition) is 2. The number of carbonyl (C=O) groups excluding carboxylic acids is 1. The van der Waals surface area contributed by atoms with Crippen molar-refractivity contribution in [3.8, 4) is 5.75 Å². The van der Waals surface area contributed by atoms with Gasteiger partial charge >= 0.3 is 6.03 Å². The highest BCUT2D eigenvalue weighted by Gasteiger charge is 2.48. The van der Waals surface area contributed by atoms with Crippen molar-refractivity contribution in [2.24, 2.45) is 5.92 Å². The first-order chi connectivity index (χ1) is 13.4. The van der Waals surface area contributed by atoms with Gasteiger partial charge in [0.05, 0.1) is 13.2 Å². The first kappa shape index (κ1) is 19.2. The fourth-order valence-electron chi connectivity index (χ4n) is 4.00. The van der Waals surface area contributed by atoms with Gasteiger partial charge in [0.25, 0.3) is 0 Å². The van der Waals surface area contributed by atoms with Crippen molar-refractivity contribution < 1.29 is 22.3 Å². The first-order valence-corrected chi connectivity index (χ1v) is 11.2. The summed E-state index contributed by atoms with van der Waals surface area (Å²) in [5.41, 5.74) is 0.321. The summed E-state index contributed by atoms with van der Waals surface area (Å²) < 4.78 is 46.8. The minimum Gasteiger partial charge on any atom is -0.494 e. The molecular weight excluding hydrogens is 405 g/mol. The van der Waals surface area contributed by atoms with Crippen molar-refractivity contribution >= 4 is 33.1 Å². The third-order valence-corrected chi connectivity index (χ3v) is 8.10. The van der Waals surface area contributed by atoms with Gasteiger partial charge in [0.15, 0.2) is 11.6 Å². The Balaban J connectivity index is 1.45. The van der Waals surface area contributed by atoms with Crippen LogP contribution >= 0.6 is 11.3 Å². The molecule has 1 aromatic heterocycles. The van der Waals surface area contributed by atoms with Crippen LogP contribution in [0.4, 0.5) is 14.9 Å². The molecule has 2 heterocycles. The lowest BCUT2D eigenvalue weighted by molar-refractivity contribution is 0.183. The molecule has 28 heavy (non-hydrogen) atoms. The number of piperidine rings is 1. The van der Waals surface area contributed by atoms with Crippen LogP contribution in [0.15, 0.2) is 39.9 Å². The van der Waals surface area contributed by atoms with Crippen molar-refractivity contribution in [2.75, 3.05) is 19.0 Å². The second-order valence-electron chi connectivity index (χ2n) is 7.00. The Morgan fingerprint density at radius 1 is 1.32 bits per heavy atom. The maximum Gasteiger partial charge on any atom is 0.322 e. The number of benzene rings is 1. The molecule has 2 amide bonds. The number of fused-ring (bicyclic) bond motifs is 2. The quantitative estimate of drug-likeness (QED) is 0.771. The number of nitrogens with one attached hydrogen (secondary N) is 2. The molecule has 2 fully saturated rings. The van der Waals surface area contributed by atoms with Crippen LogP contribution in [-0.4, -0.2) is 45.1 Å². The van der Waals surface area contributed by atoms with Crippen LogP contribution in [0.2, 0.25) is 0 Å². The number of carbonyl (C=O) groups is 1. The fraction of sp³-hybridized carbons (Fsp3) is 0.389. The third kappa shape index (κ3) is 3.59. The zero-order chi connectivity index (χ0) is 19.9. The minimum absolute atomic E-state index is 0.0984. The van der Waals surface area contributed by atoms with E-state index in [0.717, 1.165) is 17.8 Å². The van der Waals surface area contributed by atoms with E-state index in [-0.39, 0.29) is 34.0 Å². The summed E-state index contributed by atoms with van der Waals surface area (Å²) in [7, 11) is -2.23. The van der Waals surface area contributed by atoms with Gasteiger partial charge in [-0.1, -0.05) is 6.07 Å². The van der Waals surface area contributed by atoms with E-state index < -0.39 is 15.8 Å². The maximum atomic E-state index is 13.8. The molecule has 0 radical (unpaired) electrons. The van der Waals surface area contributed by atoms with Crippen LogP contribution in [0.25, 0.3) is 0 Å². The van der Waals surface area contributed by atoms with Crippen molar-refractivity contribution in [1.82, 2.24) is 9.62 Å². The van der Waals surface area contributed by atoms with Crippen LogP contribution in [0.3, 0.4) is 0 Å². The Kier molecular flexibility index (Phi) is 5.02. The molecule has 2 aromatic rings. The molecule has 1 aliphatic carbocycles. The largest absolute Gasteiger partial charge is 0.494 e. The van der Waals surface area contributed by atoms with Gasteiger partial charge in [-0.2, -0.15) is 0 Å². The van der Waals surface area contributed by atoms with Gasteiger partial charge in [0.2, 0.25) is 10.0 Å². The SMILES string of the molecule is COc1ccc(NC(=O)N2CC3CC(NS(=O)(=O)c4cccs4)C2C3)cc1F. The summed E-state index contributed by atoms with van der Waals surface area (Å²) in [5, 5.41) is 4.40. The van der Waals surface area contributed by atoms with E-state index in [1.165, 1.54) is 19.2 Å². The van der Waals surface area contributed by atoms with E-state index in [1.54, 1.807) is 28.5 Å². The monoisotopic (exact) mass is 425 g/mol. The summed E-state index contributed by atoms with van der Waals surface area (Å²) in [6.45, 7) is 0.562. The molecule has 0 spiro atoms. The number of hydrogen-bond acceptors (Lipinski definition) is 5. The van der Waals surface area contributed by atoms with Crippen molar-refractivity contribution in [1.29, 1.82) is 0 Å². The second kappa shape index (κ2) is 7.34. The third-order valence-electron chi connectivity index (χ3n) is 5.21. The van der Waals surface area contributed by atoms with Gasteiger partial charge in [0.1, 0.15) is 4.21 Å². The molecule has 1 aliphatic heterocycles. The number of anilines is 1. The Hall–Kier alpha value is -2.17. The Labute approximate surface area is 166 Å². The number of nitrogens with zero attached hydrogens (tertiary/aromatic N) is 1. The molecule has 4 rings (SSSR count). The highest BCUT2D eigenvalue weighted by molar-refractivity contribution is 7.91. The maximum absolute atomic E-state index is 13.8. The van der Waals surface area contributed by atoms with Gasteiger partial charge in [-0.25, -0.2) is 22.3 Å². The molecule has 2 N–H and O–H groups in total. The number of sulfonamides is 1. The number of likely N-dealkylation sites (tertiary alicyclic amines) is 1. The van der Waals surface area contributed by atoms with Crippen molar-refractivity contribution in [3.05, 3.63) is 41.5 Å². The molecule has 10 heteroatoms. The molecule has 1 aromatic carbocycles. The number of methoxy groups -OCH3 is 1. The summed E-state index contributed by atoms with van der Waals surface area (Å²) in [6, 6.07) is 6.53. The van der Waals surface area contributed by atoms with Crippen LogP contribution in [0.1, 0.15) is 12.8 Å². The molecule has 150 valence electrons. The van der Waals surface area contributed by atoms with Crippen molar-refractivity contribution in [3.63, 3.8) is 0 Å². The minimum atomic E-state index is -3.60. The topological polar surface area (TPSA) is 87.7 Å². The number of ether oxygens (including phenoxy) is 1. The molecule has 1 saturated carbocycles. The van der Waals surface area contributed by atoms with Crippen LogP contribution < -0.4 is 14.8 Å². The zero-order valence-electron chi connectivity index (χ0n) is 15.1. The number of urea groups is 1. The van der Waals surface area contributed by atoms with Gasteiger partial charge in [-0.05, 0) is 42.3 Å². The highest BCUT2D eigenvalue weighted by Crippen LogP contribution is 2.39. The Morgan fingerprint density at radius 3 is 2.79 bits per heavy atom. The molecule has 7 nitrogen and oxygen atoms in total. The zero-order valence-corrected chi connectivity index (χ0v) is 16.7. The lowest BCUT2D eigenvalue weighted by Crippen LogP contribution is -2.52. The van der Waals surface area contributed by atoms with Gasteiger partial charge in [0, 0.05) is 24.3 Å². The van der Waals surface area contributed by atoms with E-state index in [0.29, 0.717) is 18.7 Å². The van der Waals surface area contributed by atoms with Gasteiger partial charge in [-0.3, -0.25) is 0 Å². The van der Waals surface area contributed by atoms with Gasteiger partial charge < -0.3 is 15.0 Å². The standard InChI is InChI=1S/C18H20FN3O4S2/c1-26-16-5-4-12(9-13(16)19)20-18(23)22-10-11-7-14(15(22)8-11)21-28(24,25)17-3-2-6-27-17/h2-6,9,11,14-15,21H,7-8,10H2,1H3,(H,20,23). The van der Waals surface area contributed by atoms with Crippen LogP contribution in [0, 0.1) is 11.7 Å². The first-order valence-electron chi connectivity index (χ1n) is 8.84. The molecule has 2 bridgehead atoms. The number of halogens is 1. The second-order valence-corrected chi connectivity index (χ2v) is 9.88. The highest BCUT2D eigenvalue weighted by atomic mass is 32.2. The molecule has 3 unspecified atom stereocenters. The van der Waals surface area contributed by atoms with E-state index in [9.17, 15) is 17.6 Å². The van der Waals surface area contributed by atoms with Gasteiger partial charge in [-0.15, -0.1) is 11.3 Å². The summed E-state index contributed by atoms with van der Waals surface area (Å²) in [6.07, 6.45) is 1.46. The Bertz CT molecular complexity index is 981. The van der Waals surface area contributed by atoms with E-state index >= 15 is 0 Å². The lowest BCUT2D eigenvalue weighted by Gasteiger charge is -2.33. The molecule has 3 atom stereocenters. The lowest BCUT2D eigenvalue weighted by atomic mass is 10.1. The summed E-state index contributed by atoms with van der Waals surface area (Å²) in [5.74, 6) is -0.217. The average Bonchev–Trinajstić information content (AvgIpc) is 3.38. The van der Waals surface area contributed by atoms with Crippen molar-refractivity contribution in [2.45, 2.75) is 29.1 Å². The molecule has 1 saturated heterocycles. The summed E-state index contributed by atoms with van der Waals surface area (Å²) in [4.78, 5) is 14.3. The number of rotatable bonds is 5. The average molecular weight is 426 g/mol. The predicted molar refractivity (Wildman–Crippen MR) is 104 cm³/mol. The number of amides is 2. The van der Waals surface area contributed by atoms with Crippen LogP contribution in [-0.2, 0) is 10.0 Å².